The van der Waals surface area contributed by atoms with E-state index in [1.807, 2.05) is 0 Å². The highest BCUT2D eigenvalue weighted by molar-refractivity contribution is 6.31. The lowest BCUT2D eigenvalue weighted by atomic mass is 10.1. The van der Waals surface area contributed by atoms with Gasteiger partial charge in [0.1, 0.15) is 5.82 Å². The largest absolute Gasteiger partial charge is 0.493 e. The van der Waals surface area contributed by atoms with E-state index in [-0.39, 0.29) is 17.4 Å². The molecule has 0 saturated carbocycles. The van der Waals surface area contributed by atoms with Gasteiger partial charge in [0, 0.05) is 5.69 Å². The van der Waals surface area contributed by atoms with Crippen LogP contribution in [-0.4, -0.2) is 20.1 Å². The van der Waals surface area contributed by atoms with Crippen LogP contribution in [0.4, 0.5) is 10.1 Å². The maximum absolute atomic E-state index is 13.1. The van der Waals surface area contributed by atoms with Crippen molar-refractivity contribution in [1.82, 2.24) is 0 Å². The molecule has 0 fully saturated rings. The van der Waals surface area contributed by atoms with Gasteiger partial charge in [-0.2, -0.15) is 0 Å². The number of benzene rings is 2. The van der Waals surface area contributed by atoms with Gasteiger partial charge in [-0.25, -0.2) is 4.39 Å². The van der Waals surface area contributed by atoms with Gasteiger partial charge in [-0.3, -0.25) is 4.79 Å². The molecule has 0 aliphatic carbocycles. The van der Waals surface area contributed by atoms with Crippen LogP contribution in [0.2, 0.25) is 5.02 Å². The molecule has 6 heteroatoms. The summed E-state index contributed by atoms with van der Waals surface area (Å²) in [5.74, 6) is 0.379. The number of hydrogen-bond donors (Lipinski definition) is 1. The van der Waals surface area contributed by atoms with E-state index in [4.69, 9.17) is 21.1 Å². The smallest absolute Gasteiger partial charge is 0.228 e. The van der Waals surface area contributed by atoms with Crippen molar-refractivity contribution < 1.29 is 18.7 Å². The first-order valence-corrected chi connectivity index (χ1v) is 6.87. The lowest BCUT2D eigenvalue weighted by Gasteiger charge is -2.10. The highest BCUT2D eigenvalue weighted by Gasteiger charge is 2.09. The Labute approximate surface area is 132 Å². The Kier molecular flexibility index (Phi) is 5.22. The van der Waals surface area contributed by atoms with Crippen LogP contribution in [0.1, 0.15) is 5.56 Å². The number of rotatable bonds is 5. The number of carbonyl (C=O) groups excluding carboxylic acids is 1. The molecule has 0 aliphatic rings. The maximum atomic E-state index is 13.1. The predicted molar refractivity (Wildman–Crippen MR) is 83.3 cm³/mol. The first-order chi connectivity index (χ1) is 10.5. The van der Waals surface area contributed by atoms with Crippen molar-refractivity contribution in [1.29, 1.82) is 0 Å². The van der Waals surface area contributed by atoms with Gasteiger partial charge in [0.2, 0.25) is 5.91 Å². The zero-order chi connectivity index (χ0) is 16.1. The van der Waals surface area contributed by atoms with Gasteiger partial charge in [-0.1, -0.05) is 17.7 Å². The third-order valence-electron chi connectivity index (χ3n) is 3.02. The number of halogens is 2. The average Bonchev–Trinajstić information content (AvgIpc) is 2.50. The molecule has 0 heterocycles. The Morgan fingerprint density at radius 1 is 1.14 bits per heavy atom. The molecule has 2 aromatic rings. The second-order valence-electron chi connectivity index (χ2n) is 4.54. The molecule has 1 amide bonds. The molecule has 0 saturated heterocycles. The summed E-state index contributed by atoms with van der Waals surface area (Å²) < 4.78 is 23.4. The molecule has 0 spiro atoms. The predicted octanol–water partition coefficient (Wildman–Crippen LogP) is 3.68. The van der Waals surface area contributed by atoms with Gasteiger partial charge in [-0.05, 0) is 35.9 Å². The number of anilines is 1. The standard InChI is InChI=1S/C16H15ClFNO3/c1-21-14-6-3-10(7-15(14)22-2)8-16(20)19-11-4-5-13(18)12(17)9-11/h3-7,9H,8H2,1-2H3,(H,19,20). The second kappa shape index (κ2) is 7.13. The lowest BCUT2D eigenvalue weighted by Crippen LogP contribution is -2.14. The van der Waals surface area contributed by atoms with Gasteiger partial charge < -0.3 is 14.8 Å². The number of carbonyl (C=O) groups is 1. The monoisotopic (exact) mass is 323 g/mol. The Balaban J connectivity index is 2.07. The van der Waals surface area contributed by atoms with Crippen molar-refractivity contribution in [3.8, 4) is 11.5 Å². The molecule has 2 aromatic carbocycles. The van der Waals surface area contributed by atoms with Crippen LogP contribution in [0.5, 0.6) is 11.5 Å². The zero-order valence-electron chi connectivity index (χ0n) is 12.2. The van der Waals surface area contributed by atoms with Gasteiger partial charge in [-0.15, -0.1) is 0 Å². The van der Waals surface area contributed by atoms with Crippen molar-refractivity contribution in [3.05, 3.63) is 52.8 Å². The highest BCUT2D eigenvalue weighted by Crippen LogP contribution is 2.28. The van der Waals surface area contributed by atoms with Crippen molar-refractivity contribution in [2.75, 3.05) is 19.5 Å². The minimum absolute atomic E-state index is 0.0380. The average molecular weight is 324 g/mol. The first kappa shape index (κ1) is 16.1. The summed E-state index contributed by atoms with van der Waals surface area (Å²) in [6.45, 7) is 0. The summed E-state index contributed by atoms with van der Waals surface area (Å²) in [4.78, 5) is 12.0. The highest BCUT2D eigenvalue weighted by atomic mass is 35.5. The molecule has 0 aliphatic heterocycles. The van der Waals surface area contributed by atoms with Crippen molar-refractivity contribution >= 4 is 23.2 Å². The van der Waals surface area contributed by atoms with Gasteiger partial charge in [0.05, 0.1) is 25.7 Å². The molecule has 4 nitrogen and oxygen atoms in total. The topological polar surface area (TPSA) is 47.6 Å². The molecule has 0 unspecified atom stereocenters. The van der Waals surface area contributed by atoms with Crippen LogP contribution < -0.4 is 14.8 Å². The van der Waals surface area contributed by atoms with E-state index in [9.17, 15) is 9.18 Å². The third kappa shape index (κ3) is 3.89. The normalized spacial score (nSPS) is 10.2. The molecule has 0 atom stereocenters. The Bertz CT molecular complexity index is 691. The van der Waals surface area contributed by atoms with E-state index in [0.29, 0.717) is 17.2 Å². The summed E-state index contributed by atoms with van der Waals surface area (Å²) in [6, 6.07) is 9.26. The Morgan fingerprint density at radius 3 is 2.50 bits per heavy atom. The molecule has 1 N–H and O–H groups in total. The SMILES string of the molecule is COc1ccc(CC(=O)Nc2ccc(F)c(Cl)c2)cc1OC. The molecule has 0 aromatic heterocycles. The van der Waals surface area contributed by atoms with E-state index in [0.717, 1.165) is 5.56 Å². The van der Waals surface area contributed by atoms with Gasteiger partial charge in [0.15, 0.2) is 11.5 Å². The Hall–Kier alpha value is -2.27. The minimum Gasteiger partial charge on any atom is -0.493 e. The molecule has 0 radical (unpaired) electrons. The van der Waals surface area contributed by atoms with Crippen molar-refractivity contribution in [2.45, 2.75) is 6.42 Å². The molecular formula is C16H15ClFNO3. The van der Waals surface area contributed by atoms with Crippen LogP contribution in [0.3, 0.4) is 0 Å². The fourth-order valence-corrected chi connectivity index (χ4v) is 2.14. The maximum Gasteiger partial charge on any atom is 0.228 e. The molecule has 2 rings (SSSR count). The van der Waals surface area contributed by atoms with E-state index < -0.39 is 5.82 Å². The third-order valence-corrected chi connectivity index (χ3v) is 3.31. The fourth-order valence-electron chi connectivity index (χ4n) is 1.96. The fraction of sp³-hybridized carbons (Fsp3) is 0.188. The van der Waals surface area contributed by atoms with Crippen molar-refractivity contribution in [2.24, 2.45) is 0 Å². The lowest BCUT2D eigenvalue weighted by molar-refractivity contribution is -0.115. The number of methoxy groups -OCH3 is 2. The Morgan fingerprint density at radius 2 is 1.86 bits per heavy atom. The van der Waals surface area contributed by atoms with E-state index in [2.05, 4.69) is 5.32 Å². The first-order valence-electron chi connectivity index (χ1n) is 6.49. The summed E-state index contributed by atoms with van der Waals surface area (Å²) >= 11 is 5.67. The quantitative estimate of drug-likeness (QED) is 0.913. The summed E-state index contributed by atoms with van der Waals surface area (Å²) in [5, 5.41) is 2.62. The number of nitrogens with one attached hydrogen (secondary N) is 1. The molecule has 22 heavy (non-hydrogen) atoms. The van der Waals surface area contributed by atoms with E-state index >= 15 is 0 Å². The summed E-state index contributed by atoms with van der Waals surface area (Å²) in [5.41, 5.74) is 1.21. The second-order valence-corrected chi connectivity index (χ2v) is 4.95. The number of hydrogen-bond acceptors (Lipinski definition) is 3. The summed E-state index contributed by atoms with van der Waals surface area (Å²) in [6.07, 6.45) is 0.148. The molecular weight excluding hydrogens is 309 g/mol. The molecule has 0 bridgehead atoms. The molecule has 116 valence electrons. The van der Waals surface area contributed by atoms with E-state index in [1.54, 1.807) is 25.3 Å². The number of amides is 1. The van der Waals surface area contributed by atoms with Crippen molar-refractivity contribution in [3.63, 3.8) is 0 Å². The van der Waals surface area contributed by atoms with Gasteiger partial charge in [0.25, 0.3) is 0 Å². The van der Waals surface area contributed by atoms with Crippen LogP contribution in [-0.2, 0) is 11.2 Å². The van der Waals surface area contributed by atoms with Crippen LogP contribution in [0.25, 0.3) is 0 Å². The number of ether oxygens (including phenoxy) is 2. The van der Waals surface area contributed by atoms with Gasteiger partial charge >= 0.3 is 0 Å². The van der Waals surface area contributed by atoms with Crippen LogP contribution >= 0.6 is 11.6 Å². The van der Waals surface area contributed by atoms with E-state index in [1.165, 1.54) is 25.3 Å². The minimum atomic E-state index is -0.528. The van der Waals surface area contributed by atoms with Crippen LogP contribution in [0, 0.1) is 5.82 Å². The van der Waals surface area contributed by atoms with Crippen LogP contribution in [0.15, 0.2) is 36.4 Å². The zero-order valence-corrected chi connectivity index (χ0v) is 12.9. The summed E-state index contributed by atoms with van der Waals surface area (Å²) in [7, 11) is 3.07.